The number of nitrogens with one attached hydrogen (secondary N) is 1. The quantitative estimate of drug-likeness (QED) is 0.821. The van der Waals surface area contributed by atoms with Gasteiger partial charge >= 0.3 is 5.97 Å². The van der Waals surface area contributed by atoms with Crippen LogP contribution in [0.5, 0.6) is 5.75 Å². The largest absolute Gasteiger partial charge is 0.491 e. The standard InChI is InChI=1S/C16H19NO3S/c1-11(2)20-13-5-3-12(4-6-13)9-17-10-14-7-8-15(21-14)16(18)19/h3-8,11,17H,9-10H2,1-2H3,(H,18,19). The van der Waals surface area contributed by atoms with E-state index in [1.54, 1.807) is 6.07 Å². The minimum Gasteiger partial charge on any atom is -0.491 e. The highest BCUT2D eigenvalue weighted by Gasteiger charge is 2.06. The molecule has 1 aromatic heterocycles. The molecule has 2 rings (SSSR count). The maximum atomic E-state index is 10.8. The highest BCUT2D eigenvalue weighted by Crippen LogP contribution is 2.17. The highest BCUT2D eigenvalue weighted by molar-refractivity contribution is 7.13. The lowest BCUT2D eigenvalue weighted by molar-refractivity contribution is 0.0702. The number of aromatic carboxylic acids is 1. The number of carboxylic acids is 1. The molecule has 21 heavy (non-hydrogen) atoms. The summed E-state index contributed by atoms with van der Waals surface area (Å²) < 4.78 is 5.59. The summed E-state index contributed by atoms with van der Waals surface area (Å²) in [5.41, 5.74) is 1.17. The van der Waals surface area contributed by atoms with Crippen LogP contribution < -0.4 is 10.1 Å². The Hall–Kier alpha value is -1.85. The summed E-state index contributed by atoms with van der Waals surface area (Å²) in [6.45, 7) is 5.41. The van der Waals surface area contributed by atoms with Crippen molar-refractivity contribution in [2.24, 2.45) is 0 Å². The molecule has 0 fully saturated rings. The average molecular weight is 305 g/mol. The lowest BCUT2D eigenvalue weighted by Gasteiger charge is -2.10. The first kappa shape index (κ1) is 15.5. The van der Waals surface area contributed by atoms with Crippen LogP contribution in [0.15, 0.2) is 36.4 Å². The summed E-state index contributed by atoms with van der Waals surface area (Å²) in [6.07, 6.45) is 0.177. The van der Waals surface area contributed by atoms with Gasteiger partial charge in [0.05, 0.1) is 6.10 Å². The number of hydrogen-bond acceptors (Lipinski definition) is 4. The van der Waals surface area contributed by atoms with Crippen LogP contribution in [-0.2, 0) is 13.1 Å². The van der Waals surface area contributed by atoms with Gasteiger partial charge in [-0.05, 0) is 43.7 Å². The van der Waals surface area contributed by atoms with Crippen molar-refractivity contribution in [1.29, 1.82) is 0 Å². The summed E-state index contributed by atoms with van der Waals surface area (Å²) in [6, 6.07) is 11.5. The fraction of sp³-hybridized carbons (Fsp3) is 0.312. The third-order valence-corrected chi connectivity index (χ3v) is 3.87. The number of rotatable bonds is 7. The first-order chi connectivity index (χ1) is 10.0. The SMILES string of the molecule is CC(C)Oc1ccc(CNCc2ccc(C(=O)O)s2)cc1. The first-order valence-electron chi connectivity index (χ1n) is 6.83. The van der Waals surface area contributed by atoms with Gasteiger partial charge < -0.3 is 15.2 Å². The Balaban J connectivity index is 1.81. The number of ether oxygens (including phenoxy) is 1. The molecule has 0 saturated carbocycles. The van der Waals surface area contributed by atoms with Crippen LogP contribution >= 0.6 is 11.3 Å². The molecule has 112 valence electrons. The smallest absolute Gasteiger partial charge is 0.345 e. The van der Waals surface area contributed by atoms with Gasteiger partial charge in [-0.25, -0.2) is 4.79 Å². The van der Waals surface area contributed by atoms with E-state index in [4.69, 9.17) is 9.84 Å². The molecule has 0 bridgehead atoms. The Morgan fingerprint density at radius 3 is 2.48 bits per heavy atom. The van der Waals surface area contributed by atoms with Crippen molar-refractivity contribution in [2.45, 2.75) is 33.0 Å². The molecule has 0 aliphatic rings. The van der Waals surface area contributed by atoms with Gasteiger partial charge in [-0.1, -0.05) is 12.1 Å². The molecule has 0 saturated heterocycles. The molecule has 4 nitrogen and oxygen atoms in total. The van der Waals surface area contributed by atoms with Gasteiger partial charge in [0.2, 0.25) is 0 Å². The van der Waals surface area contributed by atoms with E-state index in [0.717, 1.165) is 17.2 Å². The van der Waals surface area contributed by atoms with Gasteiger partial charge in [-0.15, -0.1) is 11.3 Å². The van der Waals surface area contributed by atoms with E-state index in [1.165, 1.54) is 16.9 Å². The van der Waals surface area contributed by atoms with Crippen molar-refractivity contribution >= 4 is 17.3 Å². The van der Waals surface area contributed by atoms with Crippen molar-refractivity contribution in [3.63, 3.8) is 0 Å². The van der Waals surface area contributed by atoms with Crippen LogP contribution in [0.1, 0.15) is 34.0 Å². The number of benzene rings is 1. The van der Waals surface area contributed by atoms with Crippen LogP contribution in [0, 0.1) is 0 Å². The van der Waals surface area contributed by atoms with Crippen molar-refractivity contribution in [1.82, 2.24) is 5.32 Å². The highest BCUT2D eigenvalue weighted by atomic mass is 32.1. The van der Waals surface area contributed by atoms with Gasteiger partial charge in [0.1, 0.15) is 10.6 Å². The number of hydrogen-bond donors (Lipinski definition) is 2. The van der Waals surface area contributed by atoms with Crippen molar-refractivity contribution in [3.05, 3.63) is 51.7 Å². The van der Waals surface area contributed by atoms with E-state index in [1.807, 2.05) is 44.2 Å². The molecule has 2 aromatic rings. The number of thiophene rings is 1. The topological polar surface area (TPSA) is 58.6 Å². The predicted molar refractivity (Wildman–Crippen MR) is 84.0 cm³/mol. The van der Waals surface area contributed by atoms with Crippen LogP contribution in [0.3, 0.4) is 0 Å². The Kier molecular flexibility index (Phi) is 5.36. The molecule has 5 heteroatoms. The Morgan fingerprint density at radius 2 is 1.90 bits per heavy atom. The number of carbonyl (C=O) groups is 1. The van der Waals surface area contributed by atoms with E-state index in [2.05, 4.69) is 5.32 Å². The second-order valence-corrected chi connectivity index (χ2v) is 6.15. The Bertz CT molecular complexity index is 590. The second-order valence-electron chi connectivity index (χ2n) is 4.99. The average Bonchev–Trinajstić information content (AvgIpc) is 2.89. The summed E-state index contributed by atoms with van der Waals surface area (Å²) in [5, 5.41) is 12.2. The molecule has 0 aliphatic carbocycles. The first-order valence-corrected chi connectivity index (χ1v) is 7.64. The van der Waals surface area contributed by atoms with Gasteiger partial charge in [0.15, 0.2) is 0 Å². The van der Waals surface area contributed by atoms with Gasteiger partial charge in [0.25, 0.3) is 0 Å². The third kappa shape index (κ3) is 4.88. The third-order valence-electron chi connectivity index (χ3n) is 2.80. The Morgan fingerprint density at radius 1 is 1.19 bits per heavy atom. The van der Waals surface area contributed by atoms with Crippen molar-refractivity contribution in [3.8, 4) is 5.75 Å². The monoisotopic (exact) mass is 305 g/mol. The molecule has 1 heterocycles. The molecular formula is C16H19NO3S. The van der Waals surface area contributed by atoms with Gasteiger partial charge in [-0.3, -0.25) is 0 Å². The zero-order chi connectivity index (χ0) is 15.2. The second kappa shape index (κ2) is 7.24. The normalized spacial score (nSPS) is 10.8. The zero-order valence-electron chi connectivity index (χ0n) is 12.1. The summed E-state index contributed by atoms with van der Waals surface area (Å²) in [4.78, 5) is 12.2. The van der Waals surface area contributed by atoms with Crippen LogP contribution in [0.25, 0.3) is 0 Å². The minimum atomic E-state index is -0.869. The summed E-state index contributed by atoms with van der Waals surface area (Å²) in [5.74, 6) is 0.00472. The molecule has 2 N–H and O–H groups in total. The van der Waals surface area contributed by atoms with Crippen LogP contribution in [0.2, 0.25) is 0 Å². The van der Waals surface area contributed by atoms with E-state index in [9.17, 15) is 4.79 Å². The lowest BCUT2D eigenvalue weighted by Crippen LogP contribution is -2.11. The van der Waals surface area contributed by atoms with Gasteiger partial charge in [0, 0.05) is 18.0 Å². The summed E-state index contributed by atoms with van der Waals surface area (Å²) >= 11 is 1.30. The predicted octanol–water partition coefficient (Wildman–Crippen LogP) is 3.52. The van der Waals surface area contributed by atoms with Crippen molar-refractivity contribution < 1.29 is 14.6 Å². The molecule has 0 radical (unpaired) electrons. The fourth-order valence-corrected chi connectivity index (χ4v) is 2.69. The van der Waals surface area contributed by atoms with Crippen LogP contribution in [-0.4, -0.2) is 17.2 Å². The maximum Gasteiger partial charge on any atom is 0.345 e. The molecule has 0 aliphatic heterocycles. The molecule has 0 spiro atoms. The molecule has 0 amide bonds. The van der Waals surface area contributed by atoms with E-state index >= 15 is 0 Å². The maximum absolute atomic E-state index is 10.8. The molecule has 0 atom stereocenters. The zero-order valence-corrected chi connectivity index (χ0v) is 12.9. The van der Waals surface area contributed by atoms with E-state index < -0.39 is 5.97 Å². The summed E-state index contributed by atoms with van der Waals surface area (Å²) in [7, 11) is 0. The van der Waals surface area contributed by atoms with Crippen molar-refractivity contribution in [2.75, 3.05) is 0 Å². The number of carboxylic acid groups (broad SMARTS) is 1. The Labute approximate surface area is 128 Å². The van der Waals surface area contributed by atoms with Crippen LogP contribution in [0.4, 0.5) is 0 Å². The fourth-order valence-electron chi connectivity index (χ4n) is 1.88. The van der Waals surface area contributed by atoms with Gasteiger partial charge in [-0.2, -0.15) is 0 Å². The molecular weight excluding hydrogens is 286 g/mol. The minimum absolute atomic E-state index is 0.177. The van der Waals surface area contributed by atoms with E-state index in [-0.39, 0.29) is 6.10 Å². The lowest BCUT2D eigenvalue weighted by atomic mass is 10.2. The molecule has 1 aromatic carbocycles. The molecule has 0 unspecified atom stereocenters. The van der Waals surface area contributed by atoms with E-state index in [0.29, 0.717) is 11.4 Å².